The average Bonchev–Trinajstić information content (AvgIpc) is 2.83. The van der Waals surface area contributed by atoms with Gasteiger partial charge in [-0.3, -0.25) is 14.4 Å². The van der Waals surface area contributed by atoms with Gasteiger partial charge in [0.15, 0.2) is 18.3 Å². The van der Waals surface area contributed by atoms with Gasteiger partial charge in [0.1, 0.15) is 5.01 Å². The van der Waals surface area contributed by atoms with E-state index >= 15 is 0 Å². The van der Waals surface area contributed by atoms with E-state index in [1.165, 1.54) is 18.3 Å². The SMILES string of the molecule is CC(=O)NCCC(=O)OCC(=O)[C@H](C#N)c1nc(C)cs1. The minimum atomic E-state index is -1.02. The van der Waals surface area contributed by atoms with Crippen LogP contribution in [0.3, 0.4) is 0 Å². The van der Waals surface area contributed by atoms with Crippen LogP contribution in [0.25, 0.3) is 0 Å². The van der Waals surface area contributed by atoms with Crippen molar-refractivity contribution in [1.29, 1.82) is 5.26 Å². The molecule has 0 aliphatic carbocycles. The van der Waals surface area contributed by atoms with Crippen LogP contribution in [0.1, 0.15) is 30.0 Å². The molecule has 0 radical (unpaired) electrons. The Hall–Kier alpha value is -2.27. The molecule has 0 aromatic carbocycles. The molecule has 1 rings (SSSR count). The van der Waals surface area contributed by atoms with Crippen LogP contribution in [0.5, 0.6) is 0 Å². The van der Waals surface area contributed by atoms with Crippen LogP contribution in [-0.4, -0.2) is 35.8 Å². The second-order valence-electron chi connectivity index (χ2n) is 4.25. The summed E-state index contributed by atoms with van der Waals surface area (Å²) in [6.07, 6.45) is -0.0273. The number of hydrogen-bond acceptors (Lipinski definition) is 7. The molecule has 1 atom stereocenters. The number of amides is 1. The number of aryl methyl sites for hydroxylation is 1. The lowest BCUT2D eigenvalue weighted by atomic mass is 10.1. The molecule has 0 spiro atoms. The number of esters is 1. The molecule has 21 heavy (non-hydrogen) atoms. The zero-order valence-corrected chi connectivity index (χ0v) is 12.5. The normalized spacial score (nSPS) is 11.3. The monoisotopic (exact) mass is 309 g/mol. The smallest absolute Gasteiger partial charge is 0.308 e. The maximum Gasteiger partial charge on any atom is 0.308 e. The molecule has 1 aromatic heterocycles. The summed E-state index contributed by atoms with van der Waals surface area (Å²) in [7, 11) is 0. The molecule has 1 amide bonds. The van der Waals surface area contributed by atoms with Crippen molar-refractivity contribution in [2.75, 3.05) is 13.2 Å². The average molecular weight is 309 g/mol. The summed E-state index contributed by atoms with van der Waals surface area (Å²) in [5, 5.41) is 13.6. The van der Waals surface area contributed by atoms with Crippen molar-refractivity contribution in [3.8, 4) is 6.07 Å². The molecule has 1 heterocycles. The highest BCUT2D eigenvalue weighted by molar-refractivity contribution is 7.09. The second-order valence-corrected chi connectivity index (χ2v) is 5.14. The number of nitrogens with one attached hydrogen (secondary N) is 1. The van der Waals surface area contributed by atoms with E-state index in [1.807, 2.05) is 6.07 Å². The van der Waals surface area contributed by atoms with E-state index < -0.39 is 24.3 Å². The van der Waals surface area contributed by atoms with Crippen LogP contribution in [0.2, 0.25) is 0 Å². The molecule has 0 bridgehead atoms. The van der Waals surface area contributed by atoms with Crippen LogP contribution >= 0.6 is 11.3 Å². The third-order valence-corrected chi connectivity index (χ3v) is 3.44. The van der Waals surface area contributed by atoms with E-state index in [1.54, 1.807) is 12.3 Å². The van der Waals surface area contributed by atoms with Crippen LogP contribution in [0.15, 0.2) is 5.38 Å². The van der Waals surface area contributed by atoms with Crippen LogP contribution in [0.4, 0.5) is 0 Å². The van der Waals surface area contributed by atoms with E-state index in [0.29, 0.717) is 5.01 Å². The fraction of sp³-hybridized carbons (Fsp3) is 0.462. The maximum atomic E-state index is 11.9. The number of nitriles is 1. The van der Waals surface area contributed by atoms with Gasteiger partial charge in [0.05, 0.1) is 12.5 Å². The molecule has 112 valence electrons. The molecule has 7 nitrogen and oxygen atoms in total. The fourth-order valence-electron chi connectivity index (χ4n) is 1.42. The van der Waals surface area contributed by atoms with Crippen molar-refractivity contribution in [3.63, 3.8) is 0 Å². The molecule has 0 aliphatic heterocycles. The lowest BCUT2D eigenvalue weighted by molar-refractivity contribution is -0.148. The van der Waals surface area contributed by atoms with Gasteiger partial charge < -0.3 is 10.1 Å². The molecule has 8 heteroatoms. The van der Waals surface area contributed by atoms with Crippen molar-refractivity contribution >= 4 is 29.0 Å². The topological polar surface area (TPSA) is 109 Å². The highest BCUT2D eigenvalue weighted by Gasteiger charge is 2.24. The van der Waals surface area contributed by atoms with Crippen molar-refractivity contribution < 1.29 is 19.1 Å². The zero-order valence-electron chi connectivity index (χ0n) is 11.7. The Morgan fingerprint density at radius 3 is 2.76 bits per heavy atom. The first-order chi connectivity index (χ1) is 9.93. The van der Waals surface area contributed by atoms with Crippen molar-refractivity contribution in [2.24, 2.45) is 0 Å². The first kappa shape index (κ1) is 16.8. The van der Waals surface area contributed by atoms with Crippen molar-refractivity contribution in [1.82, 2.24) is 10.3 Å². The van der Waals surface area contributed by atoms with Crippen LogP contribution in [0, 0.1) is 18.3 Å². The standard InChI is InChI=1S/C13H15N3O4S/c1-8-7-21-13(16-8)10(5-14)11(18)6-20-12(19)3-4-15-9(2)17/h7,10H,3-4,6H2,1-2H3,(H,15,17)/t10-/m0/s1. The molecule has 0 saturated heterocycles. The Bertz CT molecular complexity index is 576. The zero-order chi connectivity index (χ0) is 15.8. The lowest BCUT2D eigenvalue weighted by Crippen LogP contribution is -2.25. The van der Waals surface area contributed by atoms with Gasteiger partial charge in [0, 0.05) is 24.5 Å². The molecule has 0 aliphatic rings. The lowest BCUT2D eigenvalue weighted by Gasteiger charge is -2.07. The van der Waals surface area contributed by atoms with Gasteiger partial charge in [0.2, 0.25) is 5.91 Å². The van der Waals surface area contributed by atoms with Crippen molar-refractivity contribution in [3.05, 3.63) is 16.1 Å². The minimum absolute atomic E-state index is 0.0273. The number of hydrogen-bond donors (Lipinski definition) is 1. The molecule has 1 N–H and O–H groups in total. The summed E-state index contributed by atoms with van der Waals surface area (Å²) in [6.45, 7) is 2.77. The summed E-state index contributed by atoms with van der Waals surface area (Å²) in [4.78, 5) is 37.9. The van der Waals surface area contributed by atoms with Gasteiger partial charge in [-0.15, -0.1) is 11.3 Å². The number of rotatable bonds is 7. The predicted molar refractivity (Wildman–Crippen MR) is 74.5 cm³/mol. The molecular weight excluding hydrogens is 294 g/mol. The van der Waals surface area contributed by atoms with Gasteiger partial charge in [-0.05, 0) is 6.92 Å². The van der Waals surface area contributed by atoms with E-state index in [-0.39, 0.29) is 18.9 Å². The van der Waals surface area contributed by atoms with Gasteiger partial charge in [-0.25, -0.2) is 4.98 Å². The van der Waals surface area contributed by atoms with Gasteiger partial charge in [-0.2, -0.15) is 5.26 Å². The number of nitrogens with zero attached hydrogens (tertiary/aromatic N) is 2. The molecule has 0 unspecified atom stereocenters. The van der Waals surface area contributed by atoms with Crippen molar-refractivity contribution in [2.45, 2.75) is 26.2 Å². The number of ketones is 1. The van der Waals surface area contributed by atoms with Crippen LogP contribution < -0.4 is 5.32 Å². The number of ether oxygens (including phenoxy) is 1. The largest absolute Gasteiger partial charge is 0.458 e. The van der Waals surface area contributed by atoms with E-state index in [9.17, 15) is 14.4 Å². The summed E-state index contributed by atoms with van der Waals surface area (Å²) >= 11 is 1.22. The molecular formula is C13H15N3O4S. The summed E-state index contributed by atoms with van der Waals surface area (Å²) < 4.78 is 4.78. The second kappa shape index (κ2) is 8.11. The summed E-state index contributed by atoms with van der Waals surface area (Å²) in [5.74, 6) is -2.39. The Morgan fingerprint density at radius 1 is 1.52 bits per heavy atom. The van der Waals surface area contributed by atoms with E-state index in [4.69, 9.17) is 10.00 Å². The minimum Gasteiger partial charge on any atom is -0.458 e. The third-order valence-electron chi connectivity index (χ3n) is 2.41. The Labute approximate surface area is 125 Å². The number of Topliss-reactive ketones (excluding diaryl/α,β-unsaturated/α-hetero) is 1. The van der Waals surface area contributed by atoms with Gasteiger partial charge in [0.25, 0.3) is 0 Å². The number of carbonyl (C=O) groups excluding carboxylic acids is 3. The Kier molecular flexibility index (Phi) is 6.49. The molecule has 0 fully saturated rings. The van der Waals surface area contributed by atoms with Gasteiger partial charge in [-0.1, -0.05) is 0 Å². The first-order valence-electron chi connectivity index (χ1n) is 6.18. The summed E-state index contributed by atoms with van der Waals surface area (Å²) in [5.41, 5.74) is 0.732. The summed E-state index contributed by atoms with van der Waals surface area (Å²) in [6, 6.07) is 1.86. The fourth-order valence-corrected chi connectivity index (χ4v) is 2.28. The maximum absolute atomic E-state index is 11.9. The van der Waals surface area contributed by atoms with Crippen LogP contribution in [-0.2, 0) is 19.1 Å². The highest BCUT2D eigenvalue weighted by atomic mass is 32.1. The quantitative estimate of drug-likeness (QED) is 0.742. The Balaban J connectivity index is 2.43. The highest BCUT2D eigenvalue weighted by Crippen LogP contribution is 2.20. The molecule has 0 saturated carbocycles. The number of thiazole rings is 1. The predicted octanol–water partition coefficient (Wildman–Crippen LogP) is 0.697. The Morgan fingerprint density at radius 2 is 2.24 bits per heavy atom. The number of carbonyl (C=O) groups is 3. The van der Waals surface area contributed by atoms with Gasteiger partial charge >= 0.3 is 5.97 Å². The first-order valence-corrected chi connectivity index (χ1v) is 7.06. The van der Waals surface area contributed by atoms with E-state index in [0.717, 1.165) is 5.69 Å². The number of aromatic nitrogens is 1. The third kappa shape index (κ3) is 5.71. The molecule has 1 aromatic rings. The van der Waals surface area contributed by atoms with E-state index in [2.05, 4.69) is 10.3 Å².